The van der Waals surface area contributed by atoms with E-state index in [1.807, 2.05) is 12.3 Å². The fourth-order valence-corrected chi connectivity index (χ4v) is 5.03. The van der Waals surface area contributed by atoms with Crippen LogP contribution in [0.1, 0.15) is 43.5 Å². The first kappa shape index (κ1) is 14.5. The standard InChI is InChI=1S/C17H24N4S/c1-20-9-3-6-14(11-20)21-16(13-5-4-10-22-12-13)19-15-7-2-8-18-17(15)21/h2,7-8,13-14H,3-6,9-12H2,1H3. The lowest BCUT2D eigenvalue weighted by Gasteiger charge is -2.33. The molecule has 118 valence electrons. The maximum absolute atomic E-state index is 5.01. The quantitative estimate of drug-likeness (QED) is 0.851. The molecular formula is C17H24N4S. The molecule has 5 heteroatoms. The lowest BCUT2D eigenvalue weighted by molar-refractivity contribution is 0.210. The van der Waals surface area contributed by atoms with Crippen LogP contribution in [-0.4, -0.2) is 51.1 Å². The predicted molar refractivity (Wildman–Crippen MR) is 92.6 cm³/mol. The maximum atomic E-state index is 5.01. The molecule has 0 aromatic carbocycles. The molecule has 2 atom stereocenters. The number of imidazole rings is 1. The summed E-state index contributed by atoms with van der Waals surface area (Å²) in [6.45, 7) is 2.33. The predicted octanol–water partition coefficient (Wildman–Crippen LogP) is 3.31. The van der Waals surface area contributed by atoms with Crippen molar-refractivity contribution in [3.8, 4) is 0 Å². The molecule has 2 aromatic heterocycles. The first-order valence-electron chi connectivity index (χ1n) is 8.42. The van der Waals surface area contributed by atoms with Gasteiger partial charge in [0.15, 0.2) is 5.65 Å². The molecule has 0 aliphatic carbocycles. The van der Waals surface area contributed by atoms with Gasteiger partial charge in [-0.1, -0.05) is 0 Å². The van der Waals surface area contributed by atoms with Crippen LogP contribution in [0.4, 0.5) is 0 Å². The number of piperidine rings is 1. The van der Waals surface area contributed by atoms with Gasteiger partial charge in [-0.05, 0) is 57.2 Å². The number of thioether (sulfide) groups is 1. The zero-order chi connectivity index (χ0) is 14.9. The minimum Gasteiger partial charge on any atom is -0.308 e. The SMILES string of the molecule is CN1CCCC(n2c(C3CCCSC3)nc3cccnc32)C1. The highest BCUT2D eigenvalue weighted by Gasteiger charge is 2.28. The Labute approximate surface area is 136 Å². The van der Waals surface area contributed by atoms with E-state index < -0.39 is 0 Å². The molecule has 2 unspecified atom stereocenters. The van der Waals surface area contributed by atoms with Gasteiger partial charge in [0.1, 0.15) is 11.3 Å². The molecule has 2 aliphatic heterocycles. The van der Waals surface area contributed by atoms with Gasteiger partial charge in [0.25, 0.3) is 0 Å². The van der Waals surface area contributed by atoms with Gasteiger partial charge < -0.3 is 9.47 Å². The van der Waals surface area contributed by atoms with Crippen molar-refractivity contribution in [2.24, 2.45) is 0 Å². The van der Waals surface area contributed by atoms with Crippen molar-refractivity contribution in [3.05, 3.63) is 24.2 Å². The summed E-state index contributed by atoms with van der Waals surface area (Å²) in [7, 11) is 2.23. The molecule has 4 heterocycles. The molecule has 0 amide bonds. The molecule has 2 saturated heterocycles. The summed E-state index contributed by atoms with van der Waals surface area (Å²) in [5, 5.41) is 0. The second-order valence-electron chi connectivity index (χ2n) is 6.66. The summed E-state index contributed by atoms with van der Waals surface area (Å²) >= 11 is 2.08. The Morgan fingerprint density at radius 2 is 2.23 bits per heavy atom. The van der Waals surface area contributed by atoms with Crippen molar-refractivity contribution in [2.75, 3.05) is 31.6 Å². The molecule has 0 N–H and O–H groups in total. The highest BCUT2D eigenvalue weighted by molar-refractivity contribution is 7.99. The first-order valence-corrected chi connectivity index (χ1v) is 9.57. The van der Waals surface area contributed by atoms with E-state index in [-0.39, 0.29) is 0 Å². The number of fused-ring (bicyclic) bond motifs is 1. The average Bonchev–Trinajstić information content (AvgIpc) is 2.95. The third-order valence-electron chi connectivity index (χ3n) is 4.97. The van der Waals surface area contributed by atoms with Crippen LogP contribution in [-0.2, 0) is 0 Å². The molecule has 0 bridgehead atoms. The van der Waals surface area contributed by atoms with E-state index in [1.165, 1.54) is 49.6 Å². The molecule has 22 heavy (non-hydrogen) atoms. The number of pyridine rings is 1. The van der Waals surface area contributed by atoms with Gasteiger partial charge in [-0.15, -0.1) is 0 Å². The second-order valence-corrected chi connectivity index (χ2v) is 7.81. The fraction of sp³-hybridized carbons (Fsp3) is 0.647. The van der Waals surface area contributed by atoms with Crippen molar-refractivity contribution in [3.63, 3.8) is 0 Å². The minimum absolute atomic E-state index is 0.528. The van der Waals surface area contributed by atoms with Crippen LogP contribution in [0, 0.1) is 0 Å². The third-order valence-corrected chi connectivity index (χ3v) is 6.18. The Balaban J connectivity index is 1.78. The van der Waals surface area contributed by atoms with Crippen molar-refractivity contribution >= 4 is 22.9 Å². The van der Waals surface area contributed by atoms with E-state index in [1.54, 1.807) is 0 Å². The zero-order valence-electron chi connectivity index (χ0n) is 13.2. The largest absolute Gasteiger partial charge is 0.308 e. The Hall–Kier alpha value is -1.07. The van der Waals surface area contributed by atoms with Crippen LogP contribution >= 0.6 is 11.8 Å². The number of likely N-dealkylation sites (tertiary alicyclic amines) is 1. The van der Waals surface area contributed by atoms with Gasteiger partial charge in [-0.2, -0.15) is 11.8 Å². The monoisotopic (exact) mass is 316 g/mol. The Morgan fingerprint density at radius 1 is 1.27 bits per heavy atom. The fourth-order valence-electron chi connectivity index (χ4n) is 3.89. The Bertz CT molecular complexity index is 647. The maximum Gasteiger partial charge on any atom is 0.160 e. The lowest BCUT2D eigenvalue weighted by Crippen LogP contribution is -2.34. The van der Waals surface area contributed by atoms with Crippen LogP contribution in [0.5, 0.6) is 0 Å². The van der Waals surface area contributed by atoms with E-state index in [9.17, 15) is 0 Å². The van der Waals surface area contributed by atoms with Gasteiger partial charge in [0.2, 0.25) is 0 Å². The van der Waals surface area contributed by atoms with E-state index in [0.717, 1.165) is 17.7 Å². The van der Waals surface area contributed by atoms with Crippen molar-refractivity contribution < 1.29 is 0 Å². The summed E-state index contributed by atoms with van der Waals surface area (Å²) < 4.78 is 2.49. The van der Waals surface area contributed by atoms with Crippen LogP contribution < -0.4 is 0 Å². The average molecular weight is 316 g/mol. The molecule has 4 nitrogen and oxygen atoms in total. The summed E-state index contributed by atoms with van der Waals surface area (Å²) in [5.41, 5.74) is 2.16. The summed E-state index contributed by atoms with van der Waals surface area (Å²) in [6.07, 6.45) is 7.02. The number of nitrogens with zero attached hydrogens (tertiary/aromatic N) is 4. The van der Waals surface area contributed by atoms with Crippen LogP contribution in [0.3, 0.4) is 0 Å². The topological polar surface area (TPSA) is 34.0 Å². The number of likely N-dealkylation sites (N-methyl/N-ethyl adjacent to an activating group) is 1. The number of rotatable bonds is 2. The molecule has 2 aliphatic rings. The Morgan fingerprint density at radius 3 is 3.05 bits per heavy atom. The summed E-state index contributed by atoms with van der Waals surface area (Å²) in [6, 6.07) is 4.65. The molecule has 2 aromatic rings. The van der Waals surface area contributed by atoms with Gasteiger partial charge in [-0.3, -0.25) is 0 Å². The highest BCUT2D eigenvalue weighted by Crippen LogP contribution is 2.35. The molecule has 4 rings (SSSR count). The van der Waals surface area contributed by atoms with E-state index in [4.69, 9.17) is 4.98 Å². The molecule has 0 radical (unpaired) electrons. The Kier molecular flexibility index (Phi) is 4.09. The number of hydrogen-bond acceptors (Lipinski definition) is 4. The molecular weight excluding hydrogens is 292 g/mol. The first-order chi connectivity index (χ1) is 10.8. The normalized spacial score (nSPS) is 27.3. The van der Waals surface area contributed by atoms with Gasteiger partial charge in [0.05, 0.1) is 0 Å². The van der Waals surface area contributed by atoms with Crippen LogP contribution in [0.15, 0.2) is 18.3 Å². The van der Waals surface area contributed by atoms with Crippen molar-refractivity contribution in [2.45, 2.75) is 37.6 Å². The lowest BCUT2D eigenvalue weighted by atomic mass is 10.0. The van der Waals surface area contributed by atoms with Crippen LogP contribution in [0.2, 0.25) is 0 Å². The van der Waals surface area contributed by atoms with Gasteiger partial charge in [-0.25, -0.2) is 9.97 Å². The third kappa shape index (κ3) is 2.65. The molecule has 0 saturated carbocycles. The van der Waals surface area contributed by atoms with Crippen LogP contribution in [0.25, 0.3) is 11.2 Å². The smallest absolute Gasteiger partial charge is 0.160 e. The molecule has 0 spiro atoms. The summed E-state index contributed by atoms with van der Waals surface area (Å²) in [4.78, 5) is 12.1. The number of aromatic nitrogens is 3. The second kappa shape index (κ2) is 6.20. The summed E-state index contributed by atoms with van der Waals surface area (Å²) in [5.74, 6) is 4.41. The van der Waals surface area contributed by atoms with E-state index >= 15 is 0 Å². The van der Waals surface area contributed by atoms with Crippen molar-refractivity contribution in [1.82, 2.24) is 19.4 Å². The van der Waals surface area contributed by atoms with E-state index in [2.05, 4.69) is 39.3 Å². The minimum atomic E-state index is 0.528. The van der Waals surface area contributed by atoms with Gasteiger partial charge in [0, 0.05) is 30.5 Å². The van der Waals surface area contributed by atoms with Crippen molar-refractivity contribution in [1.29, 1.82) is 0 Å². The van der Waals surface area contributed by atoms with Gasteiger partial charge >= 0.3 is 0 Å². The number of hydrogen-bond donors (Lipinski definition) is 0. The molecule has 2 fully saturated rings. The zero-order valence-corrected chi connectivity index (χ0v) is 14.1. The highest BCUT2D eigenvalue weighted by atomic mass is 32.2. The van der Waals surface area contributed by atoms with E-state index in [0.29, 0.717) is 12.0 Å².